The van der Waals surface area contributed by atoms with Crippen LogP contribution in [-0.2, 0) is 11.2 Å². The molecule has 0 unspecified atom stereocenters. The Balaban J connectivity index is 1.62. The second-order valence-corrected chi connectivity index (χ2v) is 7.23. The van der Waals surface area contributed by atoms with E-state index in [-0.39, 0.29) is 11.8 Å². The summed E-state index contributed by atoms with van der Waals surface area (Å²) < 4.78 is 0.978. The molecule has 1 aromatic heterocycles. The van der Waals surface area contributed by atoms with Gasteiger partial charge in [-0.15, -0.1) is 11.3 Å². The average molecular weight is 415 g/mol. The van der Waals surface area contributed by atoms with Crippen LogP contribution in [0.1, 0.15) is 15.2 Å². The Kier molecular flexibility index (Phi) is 5.63. The van der Waals surface area contributed by atoms with Gasteiger partial charge in [-0.2, -0.15) is 0 Å². The molecule has 25 heavy (non-hydrogen) atoms. The van der Waals surface area contributed by atoms with Crippen LogP contribution in [0.4, 0.5) is 11.4 Å². The van der Waals surface area contributed by atoms with Crippen LogP contribution >= 0.6 is 27.3 Å². The van der Waals surface area contributed by atoms with E-state index in [1.807, 2.05) is 35.7 Å². The van der Waals surface area contributed by atoms with E-state index in [0.717, 1.165) is 10.0 Å². The number of amides is 2. The van der Waals surface area contributed by atoms with Gasteiger partial charge in [0.05, 0.1) is 11.3 Å². The molecule has 2 aromatic carbocycles. The van der Waals surface area contributed by atoms with E-state index in [1.54, 1.807) is 30.3 Å². The van der Waals surface area contributed by atoms with Crippen molar-refractivity contribution in [2.24, 2.45) is 0 Å². The average Bonchev–Trinajstić information content (AvgIpc) is 3.12. The number of nitrogens with one attached hydrogen (secondary N) is 2. The molecular weight excluding hydrogens is 400 g/mol. The molecule has 0 bridgehead atoms. The monoisotopic (exact) mass is 414 g/mol. The first-order chi connectivity index (χ1) is 12.1. The van der Waals surface area contributed by atoms with Crippen molar-refractivity contribution >= 4 is 50.5 Å². The largest absolute Gasteiger partial charge is 0.326 e. The zero-order valence-electron chi connectivity index (χ0n) is 13.2. The Morgan fingerprint density at radius 3 is 2.32 bits per heavy atom. The van der Waals surface area contributed by atoms with Crippen LogP contribution in [0.3, 0.4) is 0 Å². The van der Waals surface area contributed by atoms with Gasteiger partial charge in [0.1, 0.15) is 0 Å². The number of thiophene rings is 1. The van der Waals surface area contributed by atoms with E-state index in [4.69, 9.17) is 0 Å². The minimum atomic E-state index is -0.159. The third-order valence-electron chi connectivity index (χ3n) is 3.43. The van der Waals surface area contributed by atoms with Crippen LogP contribution in [0.2, 0.25) is 0 Å². The van der Waals surface area contributed by atoms with Crippen LogP contribution in [0.15, 0.2) is 70.5 Å². The molecule has 0 aliphatic carbocycles. The Hall–Kier alpha value is -2.44. The zero-order valence-corrected chi connectivity index (χ0v) is 15.6. The number of hydrogen-bond acceptors (Lipinski definition) is 3. The van der Waals surface area contributed by atoms with Crippen LogP contribution < -0.4 is 10.6 Å². The number of benzene rings is 2. The second kappa shape index (κ2) is 8.09. The lowest BCUT2D eigenvalue weighted by Crippen LogP contribution is -2.15. The van der Waals surface area contributed by atoms with Gasteiger partial charge in [-0.25, -0.2) is 0 Å². The molecule has 2 amide bonds. The third kappa shape index (κ3) is 5.01. The zero-order chi connectivity index (χ0) is 17.6. The van der Waals surface area contributed by atoms with Crippen LogP contribution in [-0.4, -0.2) is 11.8 Å². The molecule has 1 heterocycles. The minimum Gasteiger partial charge on any atom is -0.326 e. The van der Waals surface area contributed by atoms with E-state index in [0.29, 0.717) is 22.7 Å². The lowest BCUT2D eigenvalue weighted by atomic mass is 10.1. The van der Waals surface area contributed by atoms with Crippen molar-refractivity contribution in [3.05, 3.63) is 81.0 Å². The Morgan fingerprint density at radius 1 is 0.920 bits per heavy atom. The molecule has 4 nitrogen and oxygen atoms in total. The Bertz CT molecular complexity index is 877. The summed E-state index contributed by atoms with van der Waals surface area (Å²) in [5, 5.41) is 7.54. The first kappa shape index (κ1) is 17.4. The predicted octanol–water partition coefficient (Wildman–Crippen LogP) is 4.94. The van der Waals surface area contributed by atoms with Gasteiger partial charge in [0.25, 0.3) is 5.91 Å². The maximum atomic E-state index is 12.2. The summed E-state index contributed by atoms with van der Waals surface area (Å²) in [5.41, 5.74) is 2.22. The van der Waals surface area contributed by atoms with Crippen molar-refractivity contribution in [3.8, 4) is 0 Å². The van der Waals surface area contributed by atoms with E-state index >= 15 is 0 Å². The lowest BCUT2D eigenvalue weighted by Gasteiger charge is -2.08. The highest BCUT2D eigenvalue weighted by atomic mass is 79.9. The van der Waals surface area contributed by atoms with Gasteiger partial charge in [-0.3, -0.25) is 9.59 Å². The fraction of sp³-hybridized carbons (Fsp3) is 0.0526. The van der Waals surface area contributed by atoms with Crippen molar-refractivity contribution < 1.29 is 9.59 Å². The molecule has 0 aliphatic heterocycles. The standard InChI is InChI=1S/C19H15BrN2O2S/c20-14-8-6-13(7-9-14)11-18(23)21-15-3-1-4-16(12-15)22-19(24)17-5-2-10-25-17/h1-10,12H,11H2,(H,21,23)(H,22,24). The summed E-state index contributed by atoms with van der Waals surface area (Å²) in [5.74, 6) is -0.266. The fourth-order valence-electron chi connectivity index (χ4n) is 2.27. The van der Waals surface area contributed by atoms with E-state index in [9.17, 15) is 9.59 Å². The van der Waals surface area contributed by atoms with Crippen LogP contribution in [0.5, 0.6) is 0 Å². The van der Waals surface area contributed by atoms with Crippen molar-refractivity contribution in [3.63, 3.8) is 0 Å². The molecule has 6 heteroatoms. The summed E-state index contributed by atoms with van der Waals surface area (Å²) in [4.78, 5) is 24.9. The van der Waals surface area contributed by atoms with Crippen molar-refractivity contribution in [1.82, 2.24) is 0 Å². The summed E-state index contributed by atoms with van der Waals surface area (Å²) in [6, 6.07) is 18.3. The highest BCUT2D eigenvalue weighted by Gasteiger charge is 2.08. The molecule has 0 fully saturated rings. The van der Waals surface area contributed by atoms with Crippen molar-refractivity contribution in [1.29, 1.82) is 0 Å². The number of anilines is 2. The van der Waals surface area contributed by atoms with Crippen molar-refractivity contribution in [2.45, 2.75) is 6.42 Å². The van der Waals surface area contributed by atoms with Gasteiger partial charge in [0.2, 0.25) is 5.91 Å². The Morgan fingerprint density at radius 2 is 1.64 bits per heavy atom. The molecule has 0 spiro atoms. The molecule has 0 aliphatic rings. The van der Waals surface area contributed by atoms with Gasteiger partial charge in [0, 0.05) is 15.8 Å². The first-order valence-corrected chi connectivity index (χ1v) is 9.26. The topological polar surface area (TPSA) is 58.2 Å². The molecule has 0 atom stereocenters. The van der Waals surface area contributed by atoms with Gasteiger partial charge in [0.15, 0.2) is 0 Å². The second-order valence-electron chi connectivity index (χ2n) is 5.36. The number of hydrogen-bond donors (Lipinski definition) is 2. The highest BCUT2D eigenvalue weighted by Crippen LogP contribution is 2.18. The van der Waals surface area contributed by atoms with Gasteiger partial charge < -0.3 is 10.6 Å². The van der Waals surface area contributed by atoms with E-state index in [1.165, 1.54) is 11.3 Å². The van der Waals surface area contributed by atoms with Gasteiger partial charge in [-0.1, -0.05) is 40.2 Å². The summed E-state index contributed by atoms with van der Waals surface area (Å²) >= 11 is 4.76. The maximum Gasteiger partial charge on any atom is 0.265 e. The normalized spacial score (nSPS) is 10.3. The minimum absolute atomic E-state index is 0.107. The molecule has 0 saturated heterocycles. The third-order valence-corrected chi connectivity index (χ3v) is 4.82. The summed E-state index contributed by atoms with van der Waals surface area (Å²) in [6.45, 7) is 0. The quantitative estimate of drug-likeness (QED) is 0.620. The molecule has 2 N–H and O–H groups in total. The Labute approximate surface area is 158 Å². The molecule has 3 aromatic rings. The molecular formula is C19H15BrN2O2S. The smallest absolute Gasteiger partial charge is 0.265 e. The molecule has 0 saturated carbocycles. The predicted molar refractivity (Wildman–Crippen MR) is 105 cm³/mol. The molecule has 0 radical (unpaired) electrons. The van der Waals surface area contributed by atoms with E-state index in [2.05, 4.69) is 26.6 Å². The lowest BCUT2D eigenvalue weighted by molar-refractivity contribution is -0.115. The number of carbonyl (C=O) groups is 2. The molecule has 3 rings (SSSR count). The van der Waals surface area contributed by atoms with Crippen molar-refractivity contribution in [2.75, 3.05) is 10.6 Å². The molecule has 126 valence electrons. The summed E-state index contributed by atoms with van der Waals surface area (Å²) in [7, 11) is 0. The first-order valence-electron chi connectivity index (χ1n) is 7.59. The van der Waals surface area contributed by atoms with E-state index < -0.39 is 0 Å². The highest BCUT2D eigenvalue weighted by molar-refractivity contribution is 9.10. The summed E-state index contributed by atoms with van der Waals surface area (Å²) in [6.07, 6.45) is 0.291. The number of rotatable bonds is 5. The van der Waals surface area contributed by atoms with Gasteiger partial charge in [-0.05, 0) is 47.3 Å². The van der Waals surface area contributed by atoms with Crippen LogP contribution in [0.25, 0.3) is 0 Å². The maximum absolute atomic E-state index is 12.2. The van der Waals surface area contributed by atoms with Gasteiger partial charge >= 0.3 is 0 Å². The van der Waals surface area contributed by atoms with Crippen LogP contribution in [0, 0.1) is 0 Å². The fourth-order valence-corrected chi connectivity index (χ4v) is 3.15. The SMILES string of the molecule is O=C(Cc1ccc(Br)cc1)Nc1cccc(NC(=O)c2cccs2)c1. The number of carbonyl (C=O) groups excluding carboxylic acids is 2. The number of halogens is 1.